The zero-order valence-corrected chi connectivity index (χ0v) is 8.62. The molecule has 1 aromatic heterocycles. The third-order valence-corrected chi connectivity index (χ3v) is 2.12. The fourth-order valence-electron chi connectivity index (χ4n) is 1.20. The van der Waals surface area contributed by atoms with Crippen molar-refractivity contribution in [2.45, 2.75) is 26.4 Å². The molecule has 0 spiro atoms. The molecule has 0 aliphatic heterocycles. The number of hydrogen-bond acceptors (Lipinski definition) is 2. The summed E-state index contributed by atoms with van der Waals surface area (Å²) >= 11 is 5.88. The average Bonchev–Trinajstić information content (AvgIpc) is 2.03. The van der Waals surface area contributed by atoms with Crippen LogP contribution in [0.2, 0.25) is 5.02 Å². The first kappa shape index (κ1) is 10.5. The number of aromatic nitrogens is 1. The Balaban J connectivity index is 2.76. The minimum Gasteiger partial charge on any atom is -0.387 e. The lowest BCUT2D eigenvalue weighted by Crippen LogP contribution is -2.04. The van der Waals surface area contributed by atoms with Crippen LogP contribution in [0.25, 0.3) is 0 Å². The summed E-state index contributed by atoms with van der Waals surface area (Å²) in [6.45, 7) is 4.11. The van der Waals surface area contributed by atoms with Gasteiger partial charge in [0, 0.05) is 6.20 Å². The van der Waals surface area contributed by atoms with Crippen LogP contribution < -0.4 is 0 Å². The second-order valence-electron chi connectivity index (χ2n) is 3.52. The number of rotatable bonds is 3. The average molecular weight is 200 g/mol. The van der Waals surface area contributed by atoms with Crippen molar-refractivity contribution in [3.8, 4) is 0 Å². The van der Waals surface area contributed by atoms with E-state index < -0.39 is 6.10 Å². The molecule has 1 N–H and O–H groups in total. The van der Waals surface area contributed by atoms with Crippen molar-refractivity contribution in [3.05, 3.63) is 29.0 Å². The normalized spacial score (nSPS) is 13.3. The third-order valence-electron chi connectivity index (χ3n) is 1.80. The monoisotopic (exact) mass is 199 g/mol. The maximum Gasteiger partial charge on any atom is 0.0977 e. The highest BCUT2D eigenvalue weighted by Crippen LogP contribution is 2.24. The van der Waals surface area contributed by atoms with Crippen molar-refractivity contribution in [2.75, 3.05) is 0 Å². The Bertz CT molecular complexity index is 275. The molecular formula is C10H14ClNO. The van der Waals surface area contributed by atoms with Gasteiger partial charge in [-0.2, -0.15) is 0 Å². The lowest BCUT2D eigenvalue weighted by atomic mass is 10.0. The lowest BCUT2D eigenvalue weighted by Gasteiger charge is -2.13. The number of pyridine rings is 1. The van der Waals surface area contributed by atoms with Crippen molar-refractivity contribution in [1.82, 2.24) is 4.98 Å². The Labute approximate surface area is 83.6 Å². The highest BCUT2D eigenvalue weighted by molar-refractivity contribution is 6.31. The first-order valence-electron chi connectivity index (χ1n) is 4.39. The van der Waals surface area contributed by atoms with Gasteiger partial charge in [-0.3, -0.25) is 4.98 Å². The van der Waals surface area contributed by atoms with Gasteiger partial charge in [-0.05, 0) is 24.5 Å². The van der Waals surface area contributed by atoms with E-state index in [0.29, 0.717) is 23.1 Å². The Hall–Kier alpha value is -0.600. The molecule has 0 radical (unpaired) electrons. The maximum absolute atomic E-state index is 9.72. The Morgan fingerprint density at radius 3 is 2.77 bits per heavy atom. The van der Waals surface area contributed by atoms with E-state index in [4.69, 9.17) is 11.6 Å². The number of aliphatic hydroxyl groups excluding tert-OH is 1. The van der Waals surface area contributed by atoms with Crippen LogP contribution in [0.5, 0.6) is 0 Å². The Kier molecular flexibility index (Phi) is 3.70. The van der Waals surface area contributed by atoms with Crippen LogP contribution in [0.4, 0.5) is 0 Å². The summed E-state index contributed by atoms with van der Waals surface area (Å²) in [6.07, 6.45) is 1.79. The quantitative estimate of drug-likeness (QED) is 0.812. The lowest BCUT2D eigenvalue weighted by molar-refractivity contribution is 0.146. The molecule has 1 atom stereocenters. The summed E-state index contributed by atoms with van der Waals surface area (Å²) in [5.74, 6) is 0.438. The van der Waals surface area contributed by atoms with Crippen molar-refractivity contribution in [2.24, 2.45) is 5.92 Å². The topological polar surface area (TPSA) is 33.1 Å². The standard InChI is InChI=1S/C10H14ClNO/c1-7(2)6-9(13)10-8(11)4-3-5-12-10/h3-5,7,9,13H,6H2,1-2H3. The molecule has 0 aliphatic rings. The molecule has 13 heavy (non-hydrogen) atoms. The van der Waals surface area contributed by atoms with Crippen molar-refractivity contribution < 1.29 is 5.11 Å². The molecule has 1 rings (SSSR count). The number of hydrogen-bond donors (Lipinski definition) is 1. The number of aliphatic hydroxyl groups is 1. The molecule has 0 saturated carbocycles. The summed E-state index contributed by atoms with van der Waals surface area (Å²) in [5, 5.41) is 10.3. The van der Waals surface area contributed by atoms with Gasteiger partial charge in [0.2, 0.25) is 0 Å². The summed E-state index contributed by atoms with van der Waals surface area (Å²) in [6, 6.07) is 3.50. The molecule has 1 unspecified atom stereocenters. The molecule has 1 aromatic rings. The molecular weight excluding hydrogens is 186 g/mol. The van der Waals surface area contributed by atoms with Gasteiger partial charge in [-0.1, -0.05) is 25.4 Å². The van der Waals surface area contributed by atoms with Gasteiger partial charge in [0.25, 0.3) is 0 Å². The van der Waals surface area contributed by atoms with E-state index in [9.17, 15) is 5.11 Å². The minimum absolute atomic E-state index is 0.438. The molecule has 2 nitrogen and oxygen atoms in total. The van der Waals surface area contributed by atoms with Gasteiger partial charge in [-0.15, -0.1) is 0 Å². The van der Waals surface area contributed by atoms with Gasteiger partial charge < -0.3 is 5.11 Å². The van der Waals surface area contributed by atoms with E-state index in [0.717, 1.165) is 0 Å². The predicted molar refractivity (Wildman–Crippen MR) is 53.7 cm³/mol. The Morgan fingerprint density at radius 2 is 2.23 bits per heavy atom. The van der Waals surface area contributed by atoms with Crippen LogP contribution >= 0.6 is 11.6 Å². The molecule has 0 saturated heterocycles. The van der Waals surface area contributed by atoms with Crippen molar-refractivity contribution in [1.29, 1.82) is 0 Å². The highest BCUT2D eigenvalue weighted by atomic mass is 35.5. The predicted octanol–water partition coefficient (Wildman–Crippen LogP) is 2.81. The number of nitrogens with zero attached hydrogens (tertiary/aromatic N) is 1. The molecule has 3 heteroatoms. The molecule has 0 amide bonds. The summed E-state index contributed by atoms with van der Waals surface area (Å²) in [7, 11) is 0. The van der Waals surface area contributed by atoms with Crippen LogP contribution in [-0.4, -0.2) is 10.1 Å². The van der Waals surface area contributed by atoms with Crippen molar-refractivity contribution in [3.63, 3.8) is 0 Å². The van der Waals surface area contributed by atoms with E-state index in [-0.39, 0.29) is 0 Å². The summed E-state index contributed by atoms with van der Waals surface area (Å²) in [4.78, 5) is 4.05. The smallest absolute Gasteiger partial charge is 0.0977 e. The zero-order chi connectivity index (χ0) is 9.84. The largest absolute Gasteiger partial charge is 0.387 e. The van der Waals surface area contributed by atoms with Crippen LogP contribution in [-0.2, 0) is 0 Å². The Morgan fingerprint density at radius 1 is 1.54 bits per heavy atom. The minimum atomic E-state index is -0.548. The first-order chi connectivity index (χ1) is 6.11. The highest BCUT2D eigenvalue weighted by Gasteiger charge is 2.13. The van der Waals surface area contributed by atoms with Crippen molar-refractivity contribution >= 4 is 11.6 Å². The van der Waals surface area contributed by atoms with Crippen LogP contribution in [0.15, 0.2) is 18.3 Å². The van der Waals surface area contributed by atoms with Crippen LogP contribution in [0.3, 0.4) is 0 Å². The van der Waals surface area contributed by atoms with E-state index in [1.54, 1.807) is 18.3 Å². The molecule has 0 aromatic carbocycles. The van der Waals surface area contributed by atoms with Gasteiger partial charge >= 0.3 is 0 Å². The molecule has 0 aliphatic carbocycles. The molecule has 1 heterocycles. The maximum atomic E-state index is 9.72. The number of halogens is 1. The van der Waals surface area contributed by atoms with E-state index in [1.807, 2.05) is 0 Å². The van der Waals surface area contributed by atoms with E-state index in [2.05, 4.69) is 18.8 Å². The molecule has 72 valence electrons. The van der Waals surface area contributed by atoms with Crippen LogP contribution in [0.1, 0.15) is 32.1 Å². The van der Waals surface area contributed by atoms with Gasteiger partial charge in [0.15, 0.2) is 0 Å². The van der Waals surface area contributed by atoms with Gasteiger partial charge in [0.1, 0.15) is 0 Å². The third kappa shape index (κ3) is 2.98. The second-order valence-corrected chi connectivity index (χ2v) is 3.92. The van der Waals surface area contributed by atoms with Gasteiger partial charge in [-0.25, -0.2) is 0 Å². The summed E-state index contributed by atoms with van der Waals surface area (Å²) in [5.41, 5.74) is 0.581. The van der Waals surface area contributed by atoms with Gasteiger partial charge in [0.05, 0.1) is 16.8 Å². The van der Waals surface area contributed by atoms with E-state index in [1.165, 1.54) is 0 Å². The fraction of sp³-hybridized carbons (Fsp3) is 0.500. The first-order valence-corrected chi connectivity index (χ1v) is 4.77. The van der Waals surface area contributed by atoms with Crippen LogP contribution in [0, 0.1) is 5.92 Å². The summed E-state index contributed by atoms with van der Waals surface area (Å²) < 4.78 is 0. The fourth-order valence-corrected chi connectivity index (χ4v) is 1.45. The SMILES string of the molecule is CC(C)CC(O)c1ncccc1Cl. The zero-order valence-electron chi connectivity index (χ0n) is 7.87. The second kappa shape index (κ2) is 4.58. The molecule has 0 bridgehead atoms. The molecule has 0 fully saturated rings. The van der Waals surface area contributed by atoms with E-state index >= 15 is 0 Å².